The zero-order valence-electron chi connectivity index (χ0n) is 20.9. The van der Waals surface area contributed by atoms with Crippen LogP contribution in [0.4, 0.5) is 30.7 Å². The van der Waals surface area contributed by atoms with Crippen LogP contribution in [0.25, 0.3) is 0 Å². The molecule has 1 aliphatic rings. The van der Waals surface area contributed by atoms with Crippen LogP contribution in [0.1, 0.15) is 66.9 Å². The summed E-state index contributed by atoms with van der Waals surface area (Å²) in [4.78, 5) is 12.3. The quantitative estimate of drug-likeness (QED) is 0.102. The summed E-state index contributed by atoms with van der Waals surface area (Å²) in [6.45, 7) is 1.64. The van der Waals surface area contributed by atoms with Crippen molar-refractivity contribution in [2.75, 3.05) is 0 Å². The van der Waals surface area contributed by atoms with Crippen molar-refractivity contribution >= 4 is 5.97 Å². The molecule has 3 rings (SSSR count). The smallest absolute Gasteiger partial charge is 0.429 e. The highest BCUT2D eigenvalue weighted by Crippen LogP contribution is 2.38. The fraction of sp³-hybridized carbons (Fsp3) is 0.345. The summed E-state index contributed by atoms with van der Waals surface area (Å²) >= 11 is 0. The molecule has 0 bridgehead atoms. The monoisotopic (exact) mass is 554 g/mol. The molecular formula is C29H25F7O3. The second-order valence-corrected chi connectivity index (χ2v) is 8.88. The third-order valence-corrected chi connectivity index (χ3v) is 5.94. The molecule has 0 saturated carbocycles. The molecule has 1 aliphatic carbocycles. The van der Waals surface area contributed by atoms with Gasteiger partial charge in [0, 0.05) is 12.0 Å². The molecule has 0 saturated heterocycles. The summed E-state index contributed by atoms with van der Waals surface area (Å²) in [5, 5.41) is 0. The number of carbonyl (C=O) groups excluding carboxylic acids is 1. The number of rotatable bonds is 9. The minimum Gasteiger partial charge on any atom is -0.434 e. The van der Waals surface area contributed by atoms with Gasteiger partial charge in [0.25, 0.3) is 0 Å². The summed E-state index contributed by atoms with van der Waals surface area (Å²) in [6.07, 6.45) is -3.70. The molecule has 10 heteroatoms. The highest BCUT2D eigenvalue weighted by Gasteiger charge is 2.40. The van der Waals surface area contributed by atoms with Crippen molar-refractivity contribution in [3.8, 4) is 17.6 Å². The minimum absolute atomic E-state index is 0.0269. The maximum atomic E-state index is 14.7. The zero-order valence-corrected chi connectivity index (χ0v) is 20.9. The Balaban J connectivity index is 1.60. The lowest BCUT2D eigenvalue weighted by Gasteiger charge is -2.26. The summed E-state index contributed by atoms with van der Waals surface area (Å²) in [5.41, 5.74) is -1.60. The Morgan fingerprint density at radius 1 is 1.03 bits per heavy atom. The first-order valence-electron chi connectivity index (χ1n) is 12.1. The predicted octanol–water partition coefficient (Wildman–Crippen LogP) is 8.59. The van der Waals surface area contributed by atoms with Gasteiger partial charge in [-0.3, -0.25) is 0 Å². The average Bonchev–Trinajstić information content (AvgIpc) is 2.86. The Kier molecular flexibility index (Phi) is 9.84. The Hall–Kier alpha value is -3.74. The third-order valence-electron chi connectivity index (χ3n) is 5.94. The van der Waals surface area contributed by atoms with Crippen molar-refractivity contribution < 1.29 is 45.0 Å². The van der Waals surface area contributed by atoms with Crippen molar-refractivity contribution in [1.29, 1.82) is 0 Å². The summed E-state index contributed by atoms with van der Waals surface area (Å²) in [7, 11) is 0. The number of halogens is 7. The van der Waals surface area contributed by atoms with Gasteiger partial charge in [-0.05, 0) is 81.0 Å². The van der Waals surface area contributed by atoms with Crippen LogP contribution in [0, 0.1) is 29.4 Å². The number of ether oxygens (including phenoxy) is 2. The van der Waals surface area contributed by atoms with Crippen LogP contribution in [-0.2, 0) is 10.8 Å². The van der Waals surface area contributed by atoms with Gasteiger partial charge in [0.05, 0.1) is 17.7 Å². The van der Waals surface area contributed by atoms with Gasteiger partial charge in [-0.15, -0.1) is 5.92 Å². The number of hydrogen-bond donors (Lipinski definition) is 0. The Morgan fingerprint density at radius 3 is 2.36 bits per heavy atom. The van der Waals surface area contributed by atoms with E-state index >= 15 is 0 Å². The molecule has 0 aromatic heterocycles. The molecule has 1 unspecified atom stereocenters. The summed E-state index contributed by atoms with van der Waals surface area (Å²) < 4.78 is 105. The molecule has 2 aromatic rings. The molecule has 39 heavy (non-hydrogen) atoms. The lowest BCUT2D eigenvalue weighted by molar-refractivity contribution is -0.228. The minimum atomic E-state index is -4.26. The topological polar surface area (TPSA) is 35.5 Å². The van der Waals surface area contributed by atoms with E-state index in [-0.39, 0.29) is 23.8 Å². The number of hydrogen-bond acceptors (Lipinski definition) is 3. The van der Waals surface area contributed by atoms with E-state index in [0.717, 1.165) is 6.08 Å². The largest absolute Gasteiger partial charge is 0.434 e. The molecule has 0 aliphatic heterocycles. The van der Waals surface area contributed by atoms with E-state index in [9.17, 15) is 35.5 Å². The van der Waals surface area contributed by atoms with Crippen LogP contribution >= 0.6 is 0 Å². The van der Waals surface area contributed by atoms with Crippen LogP contribution in [0.2, 0.25) is 0 Å². The van der Waals surface area contributed by atoms with Gasteiger partial charge < -0.3 is 9.47 Å². The molecule has 0 N–H and O–H groups in total. The van der Waals surface area contributed by atoms with E-state index in [1.165, 1.54) is 24.3 Å². The molecule has 0 fully saturated rings. The Bertz CT molecular complexity index is 1280. The van der Waals surface area contributed by atoms with Gasteiger partial charge in [-0.25, -0.2) is 13.6 Å². The van der Waals surface area contributed by atoms with E-state index in [1.807, 2.05) is 0 Å². The molecule has 2 aromatic carbocycles. The molecule has 0 amide bonds. The molecule has 0 radical (unpaired) electrons. The fourth-order valence-electron chi connectivity index (χ4n) is 3.95. The molecule has 0 spiro atoms. The second-order valence-electron chi connectivity index (χ2n) is 8.88. The van der Waals surface area contributed by atoms with Crippen molar-refractivity contribution in [3.05, 3.63) is 88.7 Å². The van der Waals surface area contributed by atoms with Gasteiger partial charge >= 0.3 is 18.3 Å². The van der Waals surface area contributed by atoms with E-state index < -0.39 is 47.4 Å². The van der Waals surface area contributed by atoms with Crippen LogP contribution in [0.15, 0.2) is 60.4 Å². The highest BCUT2D eigenvalue weighted by atomic mass is 19.4. The van der Waals surface area contributed by atoms with Crippen molar-refractivity contribution in [1.82, 2.24) is 0 Å². The number of alkyl halides is 5. The van der Waals surface area contributed by atoms with Gasteiger partial charge in [-0.2, -0.15) is 22.0 Å². The van der Waals surface area contributed by atoms with Gasteiger partial charge in [-0.1, -0.05) is 18.1 Å². The molecular weight excluding hydrogens is 529 g/mol. The predicted molar refractivity (Wildman–Crippen MR) is 130 cm³/mol. The molecule has 1 atom stereocenters. The van der Waals surface area contributed by atoms with Crippen LogP contribution < -0.4 is 4.74 Å². The van der Waals surface area contributed by atoms with Gasteiger partial charge in [0.15, 0.2) is 11.6 Å². The van der Waals surface area contributed by atoms with E-state index in [2.05, 4.69) is 11.8 Å². The van der Waals surface area contributed by atoms with E-state index in [1.54, 1.807) is 19.1 Å². The first-order valence-corrected chi connectivity index (χ1v) is 12.1. The standard InChI is InChI=1S/C29H25F7O3/c1-2-6-19-8-12-21(13-9-19)38-27(37)23-16-17-24(26(31)25(23)30)29(35,36)39-22-14-10-20(11-15-22)7-4-3-5-18-28(32,33)34/h3,5,8-9,12-14,16-17,20H,4,7,10-11,15,18H2,1H3/b5-3+. The second kappa shape index (κ2) is 12.9. The van der Waals surface area contributed by atoms with Crippen LogP contribution in [-0.4, -0.2) is 12.1 Å². The number of carbonyl (C=O) groups is 1. The van der Waals surface area contributed by atoms with Crippen molar-refractivity contribution in [3.63, 3.8) is 0 Å². The first kappa shape index (κ1) is 29.8. The Labute approximate surface area is 221 Å². The number of allylic oxidation sites excluding steroid dienone is 4. The van der Waals surface area contributed by atoms with Crippen molar-refractivity contribution in [2.24, 2.45) is 5.92 Å². The van der Waals surface area contributed by atoms with E-state index in [4.69, 9.17) is 9.47 Å². The fourth-order valence-corrected chi connectivity index (χ4v) is 3.95. The van der Waals surface area contributed by atoms with Crippen molar-refractivity contribution in [2.45, 2.75) is 57.7 Å². The molecule has 3 nitrogen and oxygen atoms in total. The summed E-state index contributed by atoms with van der Waals surface area (Å²) in [6, 6.07) is 7.16. The first-order chi connectivity index (χ1) is 18.4. The lowest BCUT2D eigenvalue weighted by Crippen LogP contribution is -2.23. The van der Waals surface area contributed by atoms with Gasteiger partial charge in [0.2, 0.25) is 0 Å². The maximum absolute atomic E-state index is 14.7. The summed E-state index contributed by atoms with van der Waals surface area (Å²) in [5.74, 6) is 0.443. The zero-order chi connectivity index (χ0) is 28.6. The highest BCUT2D eigenvalue weighted by molar-refractivity contribution is 5.91. The van der Waals surface area contributed by atoms with Crippen LogP contribution in [0.3, 0.4) is 0 Å². The SMILES string of the molecule is CC#Cc1ccc(OC(=O)c2ccc(C(F)(F)OC3=CCC(CC/C=C/CC(F)(F)F)CC3)c(F)c2F)cc1. The normalized spacial score (nSPS) is 15.9. The Morgan fingerprint density at radius 2 is 1.74 bits per heavy atom. The number of esters is 1. The maximum Gasteiger partial charge on any atom is 0.429 e. The van der Waals surface area contributed by atoms with Gasteiger partial charge in [0.1, 0.15) is 11.3 Å². The lowest BCUT2D eigenvalue weighted by atomic mass is 9.89. The van der Waals surface area contributed by atoms with E-state index in [0.29, 0.717) is 43.4 Å². The molecule has 0 heterocycles. The number of benzene rings is 2. The van der Waals surface area contributed by atoms with Crippen LogP contribution in [0.5, 0.6) is 5.75 Å². The third kappa shape index (κ3) is 8.63. The average molecular weight is 555 g/mol. The molecule has 208 valence electrons.